The van der Waals surface area contributed by atoms with Crippen molar-refractivity contribution < 1.29 is 108 Å². The van der Waals surface area contributed by atoms with Crippen LogP contribution in [0.5, 0.6) is 0 Å². The van der Waals surface area contributed by atoms with Crippen molar-refractivity contribution in [3.8, 4) is 0 Å². The van der Waals surface area contributed by atoms with E-state index in [0.29, 0.717) is 50.6 Å². The highest BCUT2D eigenvalue weighted by Gasteiger charge is 2.41. The molecular formula is C66H109N7O22. The van der Waals surface area contributed by atoms with Crippen molar-refractivity contribution in [1.82, 2.24) is 31.2 Å². The predicted octanol–water partition coefficient (Wildman–Crippen LogP) is 5.45. The summed E-state index contributed by atoms with van der Waals surface area (Å²) in [6.45, 7) is 0.279. The normalized spacial score (nSPS) is 15.2. The van der Waals surface area contributed by atoms with Crippen LogP contribution in [-0.4, -0.2) is 196 Å². The number of nitrogens with zero attached hydrogens (tertiary/aromatic N) is 1. The SMILES string of the molecule is N[C@@H](Cc1cnc[nH]1)C(=O)C[C@@H](CCCCNC(=O)CC[C@H](CC(=O)CC[C@H](NC(=O)COCCOCCCC(=O)COCCOCCNC(=O)CC[C@H](NC(=O)CCCCCCCCCCCCCCCCC(=O)O)C(=O)O)C(=O)O)C(=O)O)C(=O)C1CCC[C@H]1C(=O)O.[HH]. The molecule has 4 amide bonds. The van der Waals surface area contributed by atoms with Crippen LogP contribution in [0.25, 0.3) is 0 Å². The van der Waals surface area contributed by atoms with Crippen LogP contribution < -0.4 is 27.0 Å². The molecule has 29 nitrogen and oxygen atoms in total. The van der Waals surface area contributed by atoms with Crippen LogP contribution >= 0.6 is 0 Å². The van der Waals surface area contributed by atoms with Gasteiger partial charge in [-0.1, -0.05) is 89.9 Å². The minimum Gasteiger partial charge on any atom is -0.481 e. The molecule has 1 heterocycles. The maximum Gasteiger partial charge on any atom is 0.326 e. The molecule has 0 spiro atoms. The molecule has 0 aromatic carbocycles. The van der Waals surface area contributed by atoms with E-state index in [-0.39, 0.29) is 161 Å². The molecule has 95 heavy (non-hydrogen) atoms. The highest BCUT2D eigenvalue weighted by Crippen LogP contribution is 2.36. The molecule has 1 aliphatic carbocycles. The fourth-order valence-electron chi connectivity index (χ4n) is 11.1. The molecule has 0 radical (unpaired) electrons. The average molecular weight is 1350 g/mol. The summed E-state index contributed by atoms with van der Waals surface area (Å²) in [6.07, 6.45) is 19.3. The number of hydrogen-bond donors (Lipinski definition) is 11. The third kappa shape index (κ3) is 42.2. The number of carboxylic acids is 5. The number of nitrogens with two attached hydrogens (primary N) is 1. The first-order valence-corrected chi connectivity index (χ1v) is 34.0. The summed E-state index contributed by atoms with van der Waals surface area (Å²) in [4.78, 5) is 167. The minimum atomic E-state index is -1.48. The zero-order chi connectivity index (χ0) is 70.0. The van der Waals surface area contributed by atoms with Gasteiger partial charge in [-0.15, -0.1) is 0 Å². The number of carbonyl (C=O) groups is 13. The average Bonchev–Trinajstić information content (AvgIpc) is 1.65. The number of amides is 4. The number of ketones is 4. The monoisotopic (exact) mass is 1350 g/mol. The molecule has 1 aromatic heterocycles. The Bertz CT molecular complexity index is 2490. The summed E-state index contributed by atoms with van der Waals surface area (Å²) in [5.74, 6) is -12.7. The number of unbranched alkanes of at least 4 members (excludes halogenated alkanes) is 14. The zero-order valence-corrected chi connectivity index (χ0v) is 55.3. The standard InChI is InChI=1S/C66H107N7O22.H2/c67-53(41-48-42-68-45-71-48)56(76)40-46(62(83)51-21-17-22-52(51)64(86)87)19-15-16-31-69-57(77)29-25-47(63(84)85)39-49(74)26-27-54(65(88)89)73-60(80)44-95-38-35-92-33-18-20-50(75)43-94-37-36-93-34-32-70-58(78)30-28-55(66(90)91)72-59(79)23-13-11-9-7-5-3-1-2-4-6-8-10-12-14-24-61(81)82;/h42,45-47,51-55H,1-41,43-44,67H2,(H,68,71)(H,69,77)(H,70,78)(H,72,79)(H,73,80)(H,81,82)(H,84,85)(H,86,87)(H,88,89)(H,90,91);1H/t46-,47-,51?,52-,53+,54+,55+;/m1./s1. The number of imidazole rings is 1. The zero-order valence-electron chi connectivity index (χ0n) is 55.3. The lowest BCUT2D eigenvalue weighted by Gasteiger charge is -2.23. The van der Waals surface area contributed by atoms with Gasteiger partial charge in [0.15, 0.2) is 11.6 Å². The lowest BCUT2D eigenvalue weighted by molar-refractivity contribution is -0.146. The summed E-state index contributed by atoms with van der Waals surface area (Å²) >= 11 is 0. The van der Waals surface area contributed by atoms with Crippen molar-refractivity contribution >= 4 is 76.6 Å². The summed E-state index contributed by atoms with van der Waals surface area (Å²) in [7, 11) is 0. The Balaban J connectivity index is 0.0000461. The van der Waals surface area contributed by atoms with E-state index in [4.69, 9.17) is 29.8 Å². The van der Waals surface area contributed by atoms with Crippen molar-refractivity contribution in [1.29, 1.82) is 0 Å². The molecule has 0 saturated heterocycles. The lowest BCUT2D eigenvalue weighted by Crippen LogP contribution is -2.42. The van der Waals surface area contributed by atoms with Crippen LogP contribution in [0.4, 0.5) is 0 Å². The van der Waals surface area contributed by atoms with Gasteiger partial charge in [0.2, 0.25) is 23.6 Å². The number of Topliss-reactive ketones (excluding diaryl/α,β-unsaturated/α-hetero) is 4. The molecule has 1 saturated carbocycles. The van der Waals surface area contributed by atoms with E-state index >= 15 is 0 Å². The number of carboxylic acid groups (broad SMARTS) is 5. The van der Waals surface area contributed by atoms with Crippen LogP contribution in [0, 0.1) is 23.7 Å². The van der Waals surface area contributed by atoms with Gasteiger partial charge >= 0.3 is 29.8 Å². The maximum atomic E-state index is 13.6. The number of ether oxygens (including phenoxy) is 4. The highest BCUT2D eigenvalue weighted by molar-refractivity contribution is 5.94. The first kappa shape index (κ1) is 84.0. The van der Waals surface area contributed by atoms with Crippen LogP contribution in [0.15, 0.2) is 12.5 Å². The maximum absolute atomic E-state index is 13.6. The number of carbonyl (C=O) groups excluding carboxylic acids is 8. The van der Waals surface area contributed by atoms with Crippen LogP contribution in [0.1, 0.15) is 213 Å². The molecule has 2 rings (SSSR count). The molecule has 540 valence electrons. The molecular weight excluding hydrogens is 1240 g/mol. The highest BCUT2D eigenvalue weighted by atomic mass is 16.5. The second kappa shape index (κ2) is 52.2. The van der Waals surface area contributed by atoms with Crippen molar-refractivity contribution in [3.05, 3.63) is 18.2 Å². The third-order valence-electron chi connectivity index (χ3n) is 16.5. The fourth-order valence-corrected chi connectivity index (χ4v) is 11.1. The van der Waals surface area contributed by atoms with Crippen molar-refractivity contribution in [2.75, 3.05) is 65.9 Å². The number of aliphatic carboxylic acids is 5. The quantitative estimate of drug-likeness (QED) is 0.0361. The van der Waals surface area contributed by atoms with E-state index in [0.717, 1.165) is 51.4 Å². The number of hydrogen-bond acceptors (Lipinski definition) is 19. The molecule has 0 bridgehead atoms. The predicted molar refractivity (Wildman–Crippen MR) is 345 cm³/mol. The van der Waals surface area contributed by atoms with Gasteiger partial charge < -0.3 is 76.5 Å². The Labute approximate surface area is 557 Å². The Morgan fingerprint density at radius 2 is 1.03 bits per heavy atom. The molecule has 12 N–H and O–H groups in total. The molecule has 1 aliphatic rings. The molecule has 29 heteroatoms. The van der Waals surface area contributed by atoms with Gasteiger partial charge in [0.05, 0.1) is 57.2 Å². The van der Waals surface area contributed by atoms with Gasteiger partial charge in [0, 0.05) is 103 Å². The van der Waals surface area contributed by atoms with Crippen LogP contribution in [0.2, 0.25) is 0 Å². The van der Waals surface area contributed by atoms with Crippen LogP contribution in [-0.2, 0) is 87.7 Å². The van der Waals surface area contributed by atoms with Gasteiger partial charge in [-0.2, -0.15) is 0 Å². The van der Waals surface area contributed by atoms with Gasteiger partial charge in [0.25, 0.3) is 0 Å². The van der Waals surface area contributed by atoms with E-state index in [1.54, 1.807) is 6.20 Å². The molecule has 1 unspecified atom stereocenters. The largest absolute Gasteiger partial charge is 0.481 e. The first-order valence-electron chi connectivity index (χ1n) is 34.0. The van der Waals surface area contributed by atoms with Gasteiger partial charge in [0.1, 0.15) is 36.9 Å². The van der Waals surface area contributed by atoms with Crippen molar-refractivity contribution in [2.24, 2.45) is 29.4 Å². The van der Waals surface area contributed by atoms with E-state index in [9.17, 15) is 82.8 Å². The minimum absolute atomic E-state index is 0. The number of H-pyrrole nitrogens is 1. The van der Waals surface area contributed by atoms with E-state index in [1.165, 1.54) is 38.4 Å². The Hall–Kier alpha value is -7.08. The van der Waals surface area contributed by atoms with Gasteiger partial charge in [-0.05, 0) is 64.2 Å². The smallest absolute Gasteiger partial charge is 0.326 e. The molecule has 7 atom stereocenters. The number of aromatic amines is 1. The summed E-state index contributed by atoms with van der Waals surface area (Å²) in [5.41, 5.74) is 6.80. The Morgan fingerprint density at radius 3 is 1.61 bits per heavy atom. The summed E-state index contributed by atoms with van der Waals surface area (Å²) < 4.78 is 21.5. The number of aromatic nitrogens is 2. The summed E-state index contributed by atoms with van der Waals surface area (Å²) in [6, 6.07) is -3.57. The van der Waals surface area contributed by atoms with Gasteiger partial charge in [-0.25, -0.2) is 14.6 Å². The van der Waals surface area contributed by atoms with Crippen molar-refractivity contribution in [3.63, 3.8) is 0 Å². The first-order chi connectivity index (χ1) is 45.6. The van der Waals surface area contributed by atoms with E-state index < -0.39 is 108 Å². The topological polar surface area (TPSA) is 463 Å². The molecule has 1 aromatic rings. The van der Waals surface area contributed by atoms with Crippen molar-refractivity contribution in [2.45, 2.75) is 230 Å². The Kier molecular flexibility index (Phi) is 46.1. The fraction of sp³-hybridized carbons (Fsp3) is 0.758. The second-order valence-electron chi connectivity index (χ2n) is 24.5. The number of rotatable bonds is 63. The molecule has 0 aliphatic heterocycles. The Morgan fingerprint density at radius 1 is 0.495 bits per heavy atom. The number of nitrogens with one attached hydrogen (secondary N) is 5. The van der Waals surface area contributed by atoms with E-state index in [2.05, 4.69) is 31.2 Å². The third-order valence-corrected chi connectivity index (χ3v) is 16.5. The van der Waals surface area contributed by atoms with Gasteiger partial charge in [-0.3, -0.25) is 52.7 Å². The lowest BCUT2D eigenvalue weighted by atomic mass is 9.80. The second-order valence-corrected chi connectivity index (χ2v) is 24.5. The molecule has 1 fully saturated rings. The van der Waals surface area contributed by atoms with E-state index in [1.807, 2.05) is 0 Å². The van der Waals surface area contributed by atoms with Crippen LogP contribution in [0.3, 0.4) is 0 Å². The summed E-state index contributed by atoms with van der Waals surface area (Å²) in [5, 5.41) is 57.5.